The molecule has 1 aliphatic heterocycles. The first-order valence-corrected chi connectivity index (χ1v) is 8.89. The zero-order chi connectivity index (χ0) is 19.3. The fourth-order valence-corrected chi connectivity index (χ4v) is 2.93. The molecule has 0 radical (unpaired) electrons. The Morgan fingerprint density at radius 3 is 2.64 bits per heavy atom. The first kappa shape index (κ1) is 17.6. The van der Waals surface area contributed by atoms with Crippen LogP contribution in [0.4, 0.5) is 11.4 Å². The Kier molecular flexibility index (Phi) is 4.93. The van der Waals surface area contributed by atoms with Gasteiger partial charge in [0.15, 0.2) is 11.5 Å². The Hall–Kier alpha value is -3.80. The van der Waals surface area contributed by atoms with E-state index >= 15 is 0 Å². The van der Waals surface area contributed by atoms with Crippen LogP contribution in [0.3, 0.4) is 0 Å². The smallest absolute Gasteiger partial charge is 0.294 e. The molecule has 28 heavy (non-hydrogen) atoms. The van der Waals surface area contributed by atoms with Crippen LogP contribution >= 0.6 is 0 Å². The number of para-hydroxylation sites is 1. The van der Waals surface area contributed by atoms with Crippen LogP contribution < -0.4 is 20.1 Å². The Bertz CT molecular complexity index is 1000. The molecule has 2 aromatic carbocycles. The lowest BCUT2D eigenvalue weighted by Crippen LogP contribution is -2.40. The number of fused-ring (bicyclic) bond motifs is 1. The number of anilines is 2. The summed E-state index contributed by atoms with van der Waals surface area (Å²) >= 11 is 0. The highest BCUT2D eigenvalue weighted by molar-refractivity contribution is 6.10. The topological polar surface area (TPSA) is 77.7 Å². The molecule has 1 amide bonds. The maximum Gasteiger partial charge on any atom is 0.294 e. The van der Waals surface area contributed by atoms with Crippen molar-refractivity contribution in [2.75, 3.05) is 23.8 Å². The van der Waals surface area contributed by atoms with Crippen LogP contribution in [0, 0.1) is 0 Å². The number of nitrogen functional groups attached to an aromatic ring is 1. The highest BCUT2D eigenvalue weighted by Gasteiger charge is 2.30. The number of ether oxygens (including phenoxy) is 2. The largest absolute Gasteiger partial charge is 0.492 e. The Morgan fingerprint density at radius 2 is 1.86 bits per heavy atom. The maximum absolute atomic E-state index is 13.1. The van der Waals surface area contributed by atoms with Crippen molar-refractivity contribution in [2.45, 2.75) is 0 Å². The summed E-state index contributed by atoms with van der Waals surface area (Å²) in [6.07, 6.45) is 5.04. The summed E-state index contributed by atoms with van der Waals surface area (Å²) in [5, 5.41) is 0. The lowest BCUT2D eigenvalue weighted by Gasteiger charge is -2.30. The van der Waals surface area contributed by atoms with Crippen molar-refractivity contribution in [3.05, 3.63) is 84.4 Å². The number of carbonyl (C=O) groups excluding carboxylic acids is 1. The summed E-state index contributed by atoms with van der Waals surface area (Å²) in [7, 11) is 0. The molecular formula is C22H19N3O3. The third kappa shape index (κ3) is 3.81. The van der Waals surface area contributed by atoms with Crippen LogP contribution in [0.5, 0.6) is 11.5 Å². The number of aromatic nitrogens is 1. The molecule has 2 heterocycles. The fraction of sp³-hybridized carbons (Fsp3) is 0.0909. The average molecular weight is 373 g/mol. The van der Waals surface area contributed by atoms with Crippen molar-refractivity contribution >= 4 is 23.4 Å². The van der Waals surface area contributed by atoms with Gasteiger partial charge in [-0.25, -0.2) is 0 Å². The van der Waals surface area contributed by atoms with Crippen LogP contribution in [-0.2, 0) is 4.79 Å². The lowest BCUT2D eigenvalue weighted by atomic mass is 10.1. The predicted octanol–water partition coefficient (Wildman–Crippen LogP) is 3.51. The molecule has 140 valence electrons. The standard InChI is InChI=1S/C22H19N3O3/c23-17-6-7-20-19(15-17)25(12-13-27-18-4-2-1-3-5-18)22(26)21(28-20)14-16-8-10-24-11-9-16/h1-11,14-15H,12-13,23H2/b21-14+. The molecule has 1 aromatic heterocycles. The number of nitrogens with zero attached hydrogens (tertiary/aromatic N) is 2. The molecule has 3 aromatic rings. The first-order valence-electron chi connectivity index (χ1n) is 8.89. The molecular weight excluding hydrogens is 354 g/mol. The maximum atomic E-state index is 13.1. The van der Waals surface area contributed by atoms with Crippen LogP contribution in [-0.4, -0.2) is 24.0 Å². The monoisotopic (exact) mass is 373 g/mol. The highest BCUT2D eigenvalue weighted by atomic mass is 16.5. The zero-order valence-electron chi connectivity index (χ0n) is 15.1. The van der Waals surface area contributed by atoms with Gasteiger partial charge in [0.2, 0.25) is 0 Å². The van der Waals surface area contributed by atoms with E-state index < -0.39 is 0 Å². The molecule has 0 unspecified atom stereocenters. The molecule has 6 nitrogen and oxygen atoms in total. The molecule has 0 spiro atoms. The van der Waals surface area contributed by atoms with E-state index in [0.717, 1.165) is 11.3 Å². The van der Waals surface area contributed by atoms with E-state index in [4.69, 9.17) is 15.2 Å². The van der Waals surface area contributed by atoms with Gasteiger partial charge in [0.1, 0.15) is 12.4 Å². The van der Waals surface area contributed by atoms with Crippen LogP contribution in [0.2, 0.25) is 0 Å². The number of carbonyl (C=O) groups is 1. The van der Waals surface area contributed by atoms with Crippen molar-refractivity contribution in [1.82, 2.24) is 4.98 Å². The van der Waals surface area contributed by atoms with E-state index in [9.17, 15) is 4.79 Å². The van der Waals surface area contributed by atoms with Gasteiger partial charge in [-0.05, 0) is 54.1 Å². The minimum atomic E-state index is -0.244. The molecule has 4 rings (SSSR count). The second-order valence-electron chi connectivity index (χ2n) is 6.24. The van der Waals surface area contributed by atoms with Crippen LogP contribution in [0.15, 0.2) is 78.8 Å². The van der Waals surface area contributed by atoms with E-state index in [2.05, 4.69) is 4.98 Å². The predicted molar refractivity (Wildman–Crippen MR) is 108 cm³/mol. The van der Waals surface area contributed by atoms with E-state index in [0.29, 0.717) is 30.3 Å². The first-order chi connectivity index (χ1) is 13.7. The van der Waals surface area contributed by atoms with E-state index in [1.54, 1.807) is 41.6 Å². The number of hydrogen-bond donors (Lipinski definition) is 1. The molecule has 0 aliphatic carbocycles. The number of amides is 1. The molecule has 6 heteroatoms. The second-order valence-corrected chi connectivity index (χ2v) is 6.24. The van der Waals surface area contributed by atoms with Gasteiger partial charge >= 0.3 is 0 Å². The third-order valence-corrected chi connectivity index (χ3v) is 4.28. The number of nitrogens with two attached hydrogens (primary N) is 1. The number of rotatable bonds is 5. The van der Waals surface area contributed by atoms with Crippen molar-refractivity contribution in [3.8, 4) is 11.5 Å². The quantitative estimate of drug-likeness (QED) is 0.547. The van der Waals surface area contributed by atoms with Crippen molar-refractivity contribution < 1.29 is 14.3 Å². The fourth-order valence-electron chi connectivity index (χ4n) is 2.93. The SMILES string of the molecule is Nc1ccc2c(c1)N(CCOc1ccccc1)C(=O)/C(=C\c1ccncc1)O2. The Balaban J connectivity index is 1.60. The van der Waals surface area contributed by atoms with Crippen LogP contribution in [0.1, 0.15) is 5.56 Å². The third-order valence-electron chi connectivity index (χ3n) is 4.28. The van der Waals surface area contributed by atoms with Crippen molar-refractivity contribution in [1.29, 1.82) is 0 Å². The van der Waals surface area contributed by atoms with Gasteiger partial charge in [-0.1, -0.05) is 18.2 Å². The van der Waals surface area contributed by atoms with E-state index in [1.807, 2.05) is 42.5 Å². The highest BCUT2D eigenvalue weighted by Crippen LogP contribution is 2.37. The summed E-state index contributed by atoms with van der Waals surface area (Å²) < 4.78 is 11.6. The van der Waals surface area contributed by atoms with Crippen molar-refractivity contribution in [2.24, 2.45) is 0 Å². The van der Waals surface area contributed by atoms with Crippen LogP contribution in [0.25, 0.3) is 6.08 Å². The molecule has 0 atom stereocenters. The number of hydrogen-bond acceptors (Lipinski definition) is 5. The van der Waals surface area contributed by atoms with Gasteiger partial charge in [0.05, 0.1) is 12.2 Å². The molecule has 0 saturated carbocycles. The second kappa shape index (κ2) is 7.84. The van der Waals surface area contributed by atoms with Gasteiger partial charge in [0, 0.05) is 18.1 Å². The van der Waals surface area contributed by atoms with Gasteiger partial charge < -0.3 is 15.2 Å². The van der Waals surface area contributed by atoms with Gasteiger partial charge in [0.25, 0.3) is 5.91 Å². The summed E-state index contributed by atoms with van der Waals surface area (Å²) in [5.74, 6) is 1.33. The lowest BCUT2D eigenvalue weighted by molar-refractivity contribution is -0.117. The number of pyridine rings is 1. The van der Waals surface area contributed by atoms with Gasteiger partial charge in [-0.3, -0.25) is 14.7 Å². The zero-order valence-corrected chi connectivity index (χ0v) is 15.1. The van der Waals surface area contributed by atoms with Crippen molar-refractivity contribution in [3.63, 3.8) is 0 Å². The molecule has 0 fully saturated rings. The van der Waals surface area contributed by atoms with E-state index in [-0.39, 0.29) is 11.7 Å². The minimum Gasteiger partial charge on any atom is -0.492 e. The molecule has 1 aliphatic rings. The number of benzene rings is 2. The van der Waals surface area contributed by atoms with E-state index in [1.165, 1.54) is 0 Å². The summed E-state index contributed by atoms with van der Waals surface area (Å²) in [4.78, 5) is 18.7. The van der Waals surface area contributed by atoms with Gasteiger partial charge in [-0.2, -0.15) is 0 Å². The average Bonchev–Trinajstić information content (AvgIpc) is 2.72. The molecule has 0 bridgehead atoms. The minimum absolute atomic E-state index is 0.239. The summed E-state index contributed by atoms with van der Waals surface area (Å²) in [5.41, 5.74) is 7.95. The summed E-state index contributed by atoms with van der Waals surface area (Å²) in [6.45, 7) is 0.702. The Morgan fingerprint density at radius 1 is 1.07 bits per heavy atom. The normalized spacial score (nSPS) is 14.5. The molecule has 0 saturated heterocycles. The summed E-state index contributed by atoms with van der Waals surface area (Å²) in [6, 6.07) is 18.4. The Labute approximate surface area is 162 Å². The van der Waals surface area contributed by atoms with Gasteiger partial charge in [-0.15, -0.1) is 0 Å². The molecule has 2 N–H and O–H groups in total.